The van der Waals surface area contributed by atoms with E-state index < -0.39 is 0 Å². The molecule has 12 heavy (non-hydrogen) atoms. The molecule has 0 amide bonds. The summed E-state index contributed by atoms with van der Waals surface area (Å²) in [4.78, 5) is 13.1. The van der Waals surface area contributed by atoms with Gasteiger partial charge in [-0.3, -0.25) is 9.69 Å². The summed E-state index contributed by atoms with van der Waals surface area (Å²) >= 11 is 0. The molecule has 2 aliphatic heterocycles. The van der Waals surface area contributed by atoms with Gasteiger partial charge in [-0.2, -0.15) is 0 Å². The zero-order valence-electron chi connectivity index (χ0n) is 6.90. The molecule has 2 rings (SSSR count). The quantitative estimate of drug-likeness (QED) is 0.534. The number of ether oxygens (including phenoxy) is 1. The summed E-state index contributed by atoms with van der Waals surface area (Å²) in [6.07, 6.45) is 1.31. The van der Waals surface area contributed by atoms with Crippen LogP contribution >= 0.6 is 0 Å². The second-order valence-corrected chi connectivity index (χ2v) is 3.41. The third-order valence-corrected chi connectivity index (χ3v) is 2.54. The molecular weight excluding hydrogens is 158 g/mol. The number of β-amino-alcohol motifs (C(OH)–C–C–N with tert-alkyl or cyclic N) is 1. The number of carbonyl (C=O) groups is 1. The van der Waals surface area contributed by atoms with Crippen molar-refractivity contribution in [3.05, 3.63) is 0 Å². The Hall–Kier alpha value is -0.610. The van der Waals surface area contributed by atoms with E-state index in [0.717, 1.165) is 19.4 Å². The van der Waals surface area contributed by atoms with E-state index in [4.69, 9.17) is 4.74 Å². The number of rotatable bonds is 1. The van der Waals surface area contributed by atoms with Gasteiger partial charge in [-0.15, -0.1) is 0 Å². The second kappa shape index (κ2) is 3.03. The number of hydrogen-bond donors (Lipinski definition) is 1. The maximum atomic E-state index is 11.1. The molecule has 4 heteroatoms. The van der Waals surface area contributed by atoms with Gasteiger partial charge >= 0.3 is 5.97 Å². The minimum atomic E-state index is -0.251. The molecule has 2 saturated heterocycles. The highest BCUT2D eigenvalue weighted by atomic mass is 16.5. The average Bonchev–Trinajstić information content (AvgIpc) is 2.58. The number of cyclic esters (lactones) is 1. The van der Waals surface area contributed by atoms with Crippen molar-refractivity contribution in [2.24, 2.45) is 0 Å². The van der Waals surface area contributed by atoms with Gasteiger partial charge in [0.1, 0.15) is 6.04 Å². The molecule has 0 radical (unpaired) electrons. The third-order valence-electron chi connectivity index (χ3n) is 2.54. The van der Waals surface area contributed by atoms with Gasteiger partial charge < -0.3 is 9.84 Å². The standard InChI is InChI=1S/C8H13NO3/c10-6-1-3-9(5-6)7-2-4-12-8(7)11/h6-7,10H,1-5H2/t6-,7?/m0/s1. The lowest BCUT2D eigenvalue weighted by Crippen LogP contribution is -2.37. The maximum absolute atomic E-state index is 11.1. The molecular formula is C8H13NO3. The molecule has 68 valence electrons. The molecule has 0 aromatic carbocycles. The molecule has 0 aromatic heterocycles. The van der Waals surface area contributed by atoms with Crippen molar-refractivity contribution in [2.75, 3.05) is 19.7 Å². The van der Waals surface area contributed by atoms with Gasteiger partial charge in [0, 0.05) is 19.5 Å². The van der Waals surface area contributed by atoms with Crippen LogP contribution in [0.4, 0.5) is 0 Å². The molecule has 0 spiro atoms. The van der Waals surface area contributed by atoms with Gasteiger partial charge in [0.15, 0.2) is 0 Å². The molecule has 0 bridgehead atoms. The largest absolute Gasteiger partial charge is 0.464 e. The molecule has 2 atom stereocenters. The van der Waals surface area contributed by atoms with E-state index in [1.165, 1.54) is 0 Å². The molecule has 4 nitrogen and oxygen atoms in total. The lowest BCUT2D eigenvalue weighted by molar-refractivity contribution is -0.142. The van der Waals surface area contributed by atoms with Crippen LogP contribution in [0.3, 0.4) is 0 Å². The Labute approximate surface area is 71.1 Å². The minimum Gasteiger partial charge on any atom is -0.464 e. The Morgan fingerprint density at radius 3 is 2.83 bits per heavy atom. The lowest BCUT2D eigenvalue weighted by atomic mass is 10.2. The fraction of sp³-hybridized carbons (Fsp3) is 0.875. The zero-order chi connectivity index (χ0) is 8.55. The van der Waals surface area contributed by atoms with E-state index in [0.29, 0.717) is 13.2 Å². The van der Waals surface area contributed by atoms with E-state index >= 15 is 0 Å². The van der Waals surface area contributed by atoms with E-state index in [1.54, 1.807) is 0 Å². The fourth-order valence-corrected chi connectivity index (χ4v) is 1.87. The average molecular weight is 171 g/mol. The first kappa shape index (κ1) is 8.01. The van der Waals surface area contributed by atoms with E-state index in [9.17, 15) is 9.90 Å². The Balaban J connectivity index is 1.96. The van der Waals surface area contributed by atoms with Crippen LogP contribution in [-0.2, 0) is 9.53 Å². The van der Waals surface area contributed by atoms with Crippen LogP contribution in [0.25, 0.3) is 0 Å². The predicted octanol–water partition coefficient (Wildman–Crippen LogP) is -0.632. The maximum Gasteiger partial charge on any atom is 0.323 e. The molecule has 0 aliphatic carbocycles. The molecule has 2 heterocycles. The van der Waals surface area contributed by atoms with Gasteiger partial charge in [0.2, 0.25) is 0 Å². The van der Waals surface area contributed by atoms with Crippen molar-refractivity contribution < 1.29 is 14.6 Å². The number of carbonyl (C=O) groups excluding carboxylic acids is 1. The van der Waals surface area contributed by atoms with Gasteiger partial charge in [-0.1, -0.05) is 0 Å². The number of nitrogens with zero attached hydrogens (tertiary/aromatic N) is 1. The Bertz CT molecular complexity index is 195. The SMILES string of the molecule is O=C1OCCC1N1CC[C@H](O)C1. The molecule has 2 fully saturated rings. The summed E-state index contributed by atoms with van der Waals surface area (Å²) < 4.78 is 4.85. The number of hydrogen-bond acceptors (Lipinski definition) is 4. The highest BCUT2D eigenvalue weighted by Gasteiger charge is 2.35. The second-order valence-electron chi connectivity index (χ2n) is 3.41. The number of esters is 1. The normalized spacial score (nSPS) is 37.2. The smallest absolute Gasteiger partial charge is 0.323 e. The van der Waals surface area contributed by atoms with Crippen LogP contribution in [0.15, 0.2) is 0 Å². The van der Waals surface area contributed by atoms with Crippen molar-refractivity contribution in [1.82, 2.24) is 4.90 Å². The minimum absolute atomic E-state index is 0.0813. The summed E-state index contributed by atoms with van der Waals surface area (Å²) in [7, 11) is 0. The lowest BCUT2D eigenvalue weighted by Gasteiger charge is -2.18. The monoisotopic (exact) mass is 171 g/mol. The Morgan fingerprint density at radius 2 is 2.33 bits per heavy atom. The molecule has 0 saturated carbocycles. The summed E-state index contributed by atoms with van der Waals surface area (Å²) in [6.45, 7) is 1.98. The summed E-state index contributed by atoms with van der Waals surface area (Å²) in [6, 6.07) is -0.0813. The summed E-state index contributed by atoms with van der Waals surface area (Å²) in [5.41, 5.74) is 0. The van der Waals surface area contributed by atoms with Gasteiger partial charge in [0.05, 0.1) is 12.7 Å². The summed E-state index contributed by atoms with van der Waals surface area (Å²) in [5, 5.41) is 9.25. The van der Waals surface area contributed by atoms with Crippen LogP contribution in [-0.4, -0.2) is 47.8 Å². The van der Waals surface area contributed by atoms with Gasteiger partial charge in [-0.05, 0) is 6.42 Å². The van der Waals surface area contributed by atoms with Crippen molar-refractivity contribution >= 4 is 5.97 Å². The topological polar surface area (TPSA) is 49.8 Å². The highest BCUT2D eigenvalue weighted by Crippen LogP contribution is 2.19. The van der Waals surface area contributed by atoms with Crippen molar-refractivity contribution in [2.45, 2.75) is 25.0 Å². The van der Waals surface area contributed by atoms with Gasteiger partial charge in [0.25, 0.3) is 0 Å². The summed E-state index contributed by atoms with van der Waals surface area (Å²) in [5.74, 6) is -0.121. The van der Waals surface area contributed by atoms with Crippen LogP contribution in [0.1, 0.15) is 12.8 Å². The first-order valence-corrected chi connectivity index (χ1v) is 4.36. The molecule has 0 aromatic rings. The van der Waals surface area contributed by atoms with E-state index in [-0.39, 0.29) is 18.1 Å². The van der Waals surface area contributed by atoms with Crippen LogP contribution < -0.4 is 0 Å². The van der Waals surface area contributed by atoms with E-state index in [2.05, 4.69) is 0 Å². The van der Waals surface area contributed by atoms with E-state index in [1.807, 2.05) is 4.90 Å². The van der Waals surface area contributed by atoms with Crippen molar-refractivity contribution in [1.29, 1.82) is 0 Å². The van der Waals surface area contributed by atoms with Crippen LogP contribution in [0, 0.1) is 0 Å². The number of aliphatic hydroxyl groups excluding tert-OH is 1. The van der Waals surface area contributed by atoms with Crippen LogP contribution in [0.2, 0.25) is 0 Å². The number of aliphatic hydroxyl groups is 1. The highest BCUT2D eigenvalue weighted by molar-refractivity contribution is 5.77. The molecule has 1 unspecified atom stereocenters. The molecule has 2 aliphatic rings. The Morgan fingerprint density at radius 1 is 1.50 bits per heavy atom. The van der Waals surface area contributed by atoms with Crippen molar-refractivity contribution in [3.63, 3.8) is 0 Å². The fourth-order valence-electron chi connectivity index (χ4n) is 1.87. The Kier molecular flexibility index (Phi) is 2.02. The first-order chi connectivity index (χ1) is 5.77. The third kappa shape index (κ3) is 1.32. The number of likely N-dealkylation sites (tertiary alicyclic amines) is 1. The predicted molar refractivity (Wildman–Crippen MR) is 41.6 cm³/mol. The first-order valence-electron chi connectivity index (χ1n) is 4.36. The zero-order valence-corrected chi connectivity index (χ0v) is 6.90. The molecule has 1 N–H and O–H groups in total. The van der Waals surface area contributed by atoms with Crippen LogP contribution in [0.5, 0.6) is 0 Å². The van der Waals surface area contributed by atoms with Crippen molar-refractivity contribution in [3.8, 4) is 0 Å². The van der Waals surface area contributed by atoms with Gasteiger partial charge in [-0.25, -0.2) is 0 Å².